The average molecular weight is 498 g/mol. The maximum atomic E-state index is 13.4. The van der Waals surface area contributed by atoms with Crippen molar-refractivity contribution in [2.75, 3.05) is 41.3 Å². The van der Waals surface area contributed by atoms with Crippen molar-refractivity contribution in [3.8, 4) is 0 Å². The van der Waals surface area contributed by atoms with Crippen LogP contribution in [0.15, 0.2) is 41.3 Å². The lowest BCUT2D eigenvalue weighted by atomic mass is 9.93. The van der Waals surface area contributed by atoms with Gasteiger partial charge in [-0.25, -0.2) is 18.1 Å². The Morgan fingerprint density at radius 1 is 0.971 bits per heavy atom. The molecule has 35 heavy (non-hydrogen) atoms. The van der Waals surface area contributed by atoms with Gasteiger partial charge in [-0.2, -0.15) is 0 Å². The maximum Gasteiger partial charge on any atom is 0.259 e. The predicted octanol–water partition coefficient (Wildman–Crippen LogP) is 4.00. The van der Waals surface area contributed by atoms with Gasteiger partial charge in [-0.1, -0.05) is 6.07 Å². The number of nitrogens with zero attached hydrogens (tertiary/aromatic N) is 3. The second kappa shape index (κ2) is 8.78. The Balaban J connectivity index is 1.39. The Morgan fingerprint density at radius 3 is 2.29 bits per heavy atom. The van der Waals surface area contributed by atoms with E-state index < -0.39 is 15.6 Å². The molecule has 0 unspecified atom stereocenters. The molecule has 2 aromatic rings. The van der Waals surface area contributed by atoms with Crippen molar-refractivity contribution in [2.24, 2.45) is 5.41 Å². The first-order valence-electron chi connectivity index (χ1n) is 12.5. The molecule has 1 aromatic heterocycles. The molecule has 188 valence electrons. The van der Waals surface area contributed by atoms with Crippen LogP contribution in [0, 0.1) is 5.41 Å². The second-order valence-electron chi connectivity index (χ2n) is 11.2. The van der Waals surface area contributed by atoms with Crippen LogP contribution >= 0.6 is 0 Å². The van der Waals surface area contributed by atoms with Gasteiger partial charge in [0.1, 0.15) is 11.6 Å². The summed E-state index contributed by atoms with van der Waals surface area (Å²) in [5, 5.41) is 2.91. The summed E-state index contributed by atoms with van der Waals surface area (Å²) < 4.78 is 28.2. The van der Waals surface area contributed by atoms with Crippen LogP contribution in [0.5, 0.6) is 0 Å². The van der Waals surface area contributed by atoms with Gasteiger partial charge in [0.15, 0.2) is 0 Å². The quantitative estimate of drug-likeness (QED) is 0.627. The summed E-state index contributed by atoms with van der Waals surface area (Å²) >= 11 is 0. The summed E-state index contributed by atoms with van der Waals surface area (Å²) in [7, 11) is -3.71. The minimum Gasteiger partial charge on any atom is -0.356 e. The number of hydrogen-bond acceptors (Lipinski definition) is 6. The fraction of sp³-hybridized carbons (Fsp3) is 0.538. The summed E-state index contributed by atoms with van der Waals surface area (Å²) in [6, 6.07) is 10.1. The van der Waals surface area contributed by atoms with Crippen LogP contribution in [0.25, 0.3) is 0 Å². The number of piperidine rings is 1. The van der Waals surface area contributed by atoms with E-state index in [1.165, 1.54) is 25.0 Å². The lowest BCUT2D eigenvalue weighted by Gasteiger charge is -2.36. The molecule has 3 aliphatic rings. The summed E-state index contributed by atoms with van der Waals surface area (Å²) in [6.45, 7) is 9.17. The Bertz CT molecular complexity index is 1220. The van der Waals surface area contributed by atoms with E-state index in [0.29, 0.717) is 16.7 Å². The van der Waals surface area contributed by atoms with Gasteiger partial charge in [0.25, 0.3) is 5.91 Å². The highest BCUT2D eigenvalue weighted by atomic mass is 32.2. The lowest BCUT2D eigenvalue weighted by Crippen LogP contribution is -2.40. The molecule has 5 rings (SSSR count). The van der Waals surface area contributed by atoms with Gasteiger partial charge in [-0.15, -0.1) is 0 Å². The SMILES string of the molecule is CC(C)(C)NS(=O)(=O)c1cccc(NC(=O)c2ccc(N3CCC3)nc2N2CCC3(CC2)CC3)c1. The van der Waals surface area contributed by atoms with Gasteiger partial charge in [0, 0.05) is 37.4 Å². The molecule has 2 aliphatic heterocycles. The Hall–Kier alpha value is -2.65. The zero-order valence-corrected chi connectivity index (χ0v) is 21.6. The first kappa shape index (κ1) is 24.1. The number of benzene rings is 1. The number of rotatable bonds is 6. The standard InChI is InChI=1S/C26H35N5O3S/c1-25(2,3)29-35(33,34)20-7-4-6-19(18-20)27-24(32)21-8-9-22(30-14-5-15-30)28-23(21)31-16-12-26(10-11-26)13-17-31/h4,6-9,18,29H,5,10-17H2,1-3H3,(H,27,32). The van der Waals surface area contributed by atoms with Crippen molar-refractivity contribution in [3.63, 3.8) is 0 Å². The molecule has 1 spiro atoms. The summed E-state index contributed by atoms with van der Waals surface area (Å²) in [5.74, 6) is 1.35. The van der Waals surface area contributed by atoms with Gasteiger partial charge in [-0.3, -0.25) is 4.79 Å². The average Bonchev–Trinajstić information content (AvgIpc) is 3.50. The van der Waals surface area contributed by atoms with Crippen molar-refractivity contribution in [3.05, 3.63) is 42.0 Å². The van der Waals surface area contributed by atoms with E-state index in [0.717, 1.165) is 57.1 Å². The van der Waals surface area contributed by atoms with Gasteiger partial charge < -0.3 is 15.1 Å². The molecule has 1 aromatic carbocycles. The Morgan fingerprint density at radius 2 is 1.69 bits per heavy atom. The van der Waals surface area contributed by atoms with Gasteiger partial charge in [-0.05, 0) is 88.6 Å². The van der Waals surface area contributed by atoms with E-state index in [9.17, 15) is 13.2 Å². The molecule has 8 nitrogen and oxygen atoms in total. The molecule has 0 atom stereocenters. The predicted molar refractivity (Wildman–Crippen MR) is 139 cm³/mol. The molecule has 9 heteroatoms. The largest absolute Gasteiger partial charge is 0.356 e. The number of carbonyl (C=O) groups excluding carboxylic acids is 1. The van der Waals surface area contributed by atoms with Crippen LogP contribution in [0.1, 0.15) is 63.2 Å². The molecule has 2 N–H and O–H groups in total. The molecular weight excluding hydrogens is 462 g/mol. The molecule has 0 bridgehead atoms. The maximum absolute atomic E-state index is 13.4. The summed E-state index contributed by atoms with van der Waals surface area (Å²) in [6.07, 6.45) is 6.08. The minimum atomic E-state index is -3.71. The van der Waals surface area contributed by atoms with Crippen LogP contribution in [-0.2, 0) is 10.0 Å². The molecule has 0 radical (unpaired) electrons. The number of sulfonamides is 1. The van der Waals surface area contributed by atoms with Gasteiger partial charge in [0.05, 0.1) is 10.5 Å². The minimum absolute atomic E-state index is 0.113. The van der Waals surface area contributed by atoms with Crippen molar-refractivity contribution < 1.29 is 13.2 Å². The third-order valence-corrected chi connectivity index (χ3v) is 8.96. The van der Waals surface area contributed by atoms with Crippen molar-refractivity contribution in [1.29, 1.82) is 0 Å². The molecular formula is C26H35N5O3S. The number of nitrogens with one attached hydrogen (secondary N) is 2. The highest BCUT2D eigenvalue weighted by molar-refractivity contribution is 7.89. The van der Waals surface area contributed by atoms with E-state index in [-0.39, 0.29) is 10.8 Å². The number of hydrogen-bond donors (Lipinski definition) is 2. The highest BCUT2D eigenvalue weighted by Crippen LogP contribution is 2.54. The highest BCUT2D eigenvalue weighted by Gasteiger charge is 2.45. The van der Waals surface area contributed by atoms with E-state index in [2.05, 4.69) is 19.8 Å². The van der Waals surface area contributed by atoms with Crippen LogP contribution in [0.3, 0.4) is 0 Å². The Labute approximate surface area is 208 Å². The molecule has 1 saturated carbocycles. The van der Waals surface area contributed by atoms with E-state index in [4.69, 9.17) is 4.98 Å². The van der Waals surface area contributed by atoms with Crippen molar-refractivity contribution in [2.45, 2.75) is 63.3 Å². The van der Waals surface area contributed by atoms with Crippen LogP contribution in [0.4, 0.5) is 17.3 Å². The van der Waals surface area contributed by atoms with E-state index in [1.54, 1.807) is 32.9 Å². The number of anilines is 3. The molecule has 1 amide bonds. The zero-order chi connectivity index (χ0) is 24.8. The lowest BCUT2D eigenvalue weighted by molar-refractivity contribution is 0.102. The summed E-state index contributed by atoms with van der Waals surface area (Å²) in [4.78, 5) is 22.9. The van der Waals surface area contributed by atoms with Crippen LogP contribution in [-0.4, -0.2) is 51.0 Å². The van der Waals surface area contributed by atoms with E-state index >= 15 is 0 Å². The normalized spacial score (nSPS) is 19.4. The third-order valence-electron chi connectivity index (χ3n) is 7.21. The van der Waals surface area contributed by atoms with Crippen LogP contribution < -0.4 is 19.8 Å². The molecule has 1 aliphatic carbocycles. The van der Waals surface area contributed by atoms with Gasteiger partial charge >= 0.3 is 0 Å². The van der Waals surface area contributed by atoms with Crippen LogP contribution in [0.2, 0.25) is 0 Å². The Kier molecular flexibility index (Phi) is 6.04. The van der Waals surface area contributed by atoms with Gasteiger partial charge in [0.2, 0.25) is 10.0 Å². The molecule has 2 saturated heterocycles. The third kappa shape index (κ3) is 5.30. The topological polar surface area (TPSA) is 94.6 Å². The molecule has 3 heterocycles. The first-order chi connectivity index (χ1) is 16.5. The number of aromatic nitrogens is 1. The second-order valence-corrected chi connectivity index (χ2v) is 12.9. The first-order valence-corrected chi connectivity index (χ1v) is 14.0. The zero-order valence-electron chi connectivity index (χ0n) is 20.8. The number of pyridine rings is 1. The molecule has 3 fully saturated rings. The fourth-order valence-corrected chi connectivity index (χ4v) is 6.31. The smallest absolute Gasteiger partial charge is 0.259 e. The number of carbonyl (C=O) groups is 1. The van der Waals surface area contributed by atoms with Crippen molar-refractivity contribution in [1.82, 2.24) is 9.71 Å². The number of amides is 1. The van der Waals surface area contributed by atoms with E-state index in [1.807, 2.05) is 12.1 Å². The van der Waals surface area contributed by atoms with Crippen molar-refractivity contribution >= 4 is 33.3 Å². The summed E-state index contributed by atoms with van der Waals surface area (Å²) in [5.41, 5.74) is 0.869. The fourth-order valence-electron chi connectivity index (χ4n) is 4.85. The monoisotopic (exact) mass is 497 g/mol.